The molecule has 0 radical (unpaired) electrons. The summed E-state index contributed by atoms with van der Waals surface area (Å²) in [5, 5.41) is 10.3. The highest BCUT2D eigenvalue weighted by Crippen LogP contribution is 2.27. The number of nitrogens with zero attached hydrogens (tertiary/aromatic N) is 2. The van der Waals surface area contributed by atoms with Crippen LogP contribution < -0.4 is 0 Å². The van der Waals surface area contributed by atoms with Crippen molar-refractivity contribution in [2.45, 2.75) is 31.4 Å². The van der Waals surface area contributed by atoms with Crippen LogP contribution in [0.15, 0.2) is 28.7 Å². The van der Waals surface area contributed by atoms with Crippen molar-refractivity contribution in [1.29, 1.82) is 0 Å². The summed E-state index contributed by atoms with van der Waals surface area (Å²) >= 11 is 3.46. The van der Waals surface area contributed by atoms with Gasteiger partial charge in [-0.2, -0.15) is 0 Å². The predicted molar refractivity (Wildman–Crippen MR) is 84.8 cm³/mol. The largest absolute Gasteiger partial charge is 0.388 e. The van der Waals surface area contributed by atoms with Crippen LogP contribution in [0.25, 0.3) is 0 Å². The van der Waals surface area contributed by atoms with Gasteiger partial charge >= 0.3 is 0 Å². The van der Waals surface area contributed by atoms with Crippen molar-refractivity contribution < 1.29 is 5.11 Å². The molecule has 1 atom stereocenters. The summed E-state index contributed by atoms with van der Waals surface area (Å²) in [5.41, 5.74) is 1.01. The first-order valence-corrected chi connectivity index (χ1v) is 8.41. The molecule has 1 saturated carbocycles. The van der Waals surface area contributed by atoms with Crippen LogP contribution in [0.2, 0.25) is 0 Å². The molecule has 0 spiro atoms. The monoisotopic (exact) mass is 338 g/mol. The molecule has 1 aliphatic carbocycles. The van der Waals surface area contributed by atoms with Gasteiger partial charge in [-0.1, -0.05) is 28.1 Å². The summed E-state index contributed by atoms with van der Waals surface area (Å²) in [6.45, 7) is 5.71. The fraction of sp³-hybridized carbons (Fsp3) is 0.625. The summed E-state index contributed by atoms with van der Waals surface area (Å²) in [5.74, 6) is 0. The average molecular weight is 339 g/mol. The van der Waals surface area contributed by atoms with Crippen LogP contribution >= 0.6 is 15.9 Å². The van der Waals surface area contributed by atoms with E-state index in [-0.39, 0.29) is 6.10 Å². The molecule has 0 bridgehead atoms. The van der Waals surface area contributed by atoms with E-state index in [1.807, 2.05) is 24.3 Å². The van der Waals surface area contributed by atoms with Crippen molar-refractivity contribution in [3.63, 3.8) is 0 Å². The molecule has 4 heteroatoms. The molecule has 1 heterocycles. The van der Waals surface area contributed by atoms with Crippen LogP contribution in [0.5, 0.6) is 0 Å². The second-order valence-corrected chi connectivity index (χ2v) is 6.88. The first-order chi connectivity index (χ1) is 9.72. The third-order valence-electron chi connectivity index (χ3n) is 4.42. The summed E-state index contributed by atoms with van der Waals surface area (Å²) in [6, 6.07) is 8.88. The normalized spacial score (nSPS) is 22.9. The minimum atomic E-state index is -0.353. The lowest BCUT2D eigenvalue weighted by Gasteiger charge is -2.35. The second-order valence-electron chi connectivity index (χ2n) is 5.97. The molecule has 1 aliphatic heterocycles. The van der Waals surface area contributed by atoms with Crippen LogP contribution in [0.1, 0.15) is 30.9 Å². The van der Waals surface area contributed by atoms with Gasteiger partial charge < -0.3 is 10.0 Å². The Labute approximate surface area is 129 Å². The van der Waals surface area contributed by atoms with Gasteiger partial charge in [0.2, 0.25) is 0 Å². The molecule has 2 aliphatic rings. The Morgan fingerprint density at radius 3 is 2.60 bits per heavy atom. The number of aliphatic hydroxyl groups is 1. The van der Waals surface area contributed by atoms with E-state index in [0.717, 1.165) is 42.1 Å². The molecule has 3 rings (SSSR count). The fourth-order valence-corrected chi connectivity index (χ4v) is 3.39. The van der Waals surface area contributed by atoms with Gasteiger partial charge in [-0.25, -0.2) is 0 Å². The van der Waals surface area contributed by atoms with Gasteiger partial charge in [0, 0.05) is 43.2 Å². The summed E-state index contributed by atoms with van der Waals surface area (Å²) < 4.78 is 1.03. The van der Waals surface area contributed by atoms with Crippen molar-refractivity contribution in [2.75, 3.05) is 32.7 Å². The molecule has 1 aromatic carbocycles. The minimum Gasteiger partial charge on any atom is -0.388 e. The van der Waals surface area contributed by atoms with Crippen LogP contribution in [0, 0.1) is 0 Å². The van der Waals surface area contributed by atoms with E-state index >= 15 is 0 Å². The topological polar surface area (TPSA) is 26.7 Å². The number of halogens is 1. The molecule has 110 valence electrons. The van der Waals surface area contributed by atoms with Crippen molar-refractivity contribution in [2.24, 2.45) is 0 Å². The Morgan fingerprint density at radius 2 is 1.95 bits per heavy atom. The standard InChI is InChI=1S/C16H23BrN2O/c17-14-3-1-2-13(12-14)16(20)6-7-18-8-10-19(11-9-18)15-4-5-15/h1-3,12,15-16,20H,4-11H2. The molecule has 0 aromatic heterocycles. The first kappa shape index (κ1) is 14.5. The zero-order chi connectivity index (χ0) is 13.9. The number of aliphatic hydroxyl groups excluding tert-OH is 1. The SMILES string of the molecule is OC(CCN1CCN(C2CC2)CC1)c1cccc(Br)c1. The van der Waals surface area contributed by atoms with Crippen molar-refractivity contribution in [3.8, 4) is 0 Å². The van der Waals surface area contributed by atoms with E-state index in [4.69, 9.17) is 0 Å². The number of rotatable bonds is 5. The number of hydrogen-bond acceptors (Lipinski definition) is 3. The van der Waals surface area contributed by atoms with Crippen molar-refractivity contribution in [3.05, 3.63) is 34.3 Å². The van der Waals surface area contributed by atoms with Gasteiger partial charge in [-0.15, -0.1) is 0 Å². The molecule has 3 nitrogen and oxygen atoms in total. The van der Waals surface area contributed by atoms with E-state index in [9.17, 15) is 5.11 Å². The third kappa shape index (κ3) is 3.82. The minimum absolute atomic E-state index is 0.353. The Morgan fingerprint density at radius 1 is 1.20 bits per heavy atom. The Hall–Kier alpha value is -0.420. The molecule has 1 saturated heterocycles. The molecule has 20 heavy (non-hydrogen) atoms. The lowest BCUT2D eigenvalue weighted by Crippen LogP contribution is -2.47. The van der Waals surface area contributed by atoms with E-state index in [1.54, 1.807) is 0 Å². The number of piperazine rings is 1. The van der Waals surface area contributed by atoms with Crippen LogP contribution in [-0.4, -0.2) is 53.7 Å². The summed E-state index contributed by atoms with van der Waals surface area (Å²) in [7, 11) is 0. The van der Waals surface area contributed by atoms with Crippen molar-refractivity contribution >= 4 is 15.9 Å². The Balaban J connectivity index is 1.43. The highest BCUT2D eigenvalue weighted by atomic mass is 79.9. The Kier molecular flexibility index (Phi) is 4.76. The maximum Gasteiger partial charge on any atom is 0.0802 e. The fourth-order valence-electron chi connectivity index (χ4n) is 2.98. The average Bonchev–Trinajstić information content (AvgIpc) is 3.30. The number of benzene rings is 1. The van der Waals surface area contributed by atoms with Gasteiger partial charge in [0.15, 0.2) is 0 Å². The number of hydrogen-bond donors (Lipinski definition) is 1. The third-order valence-corrected chi connectivity index (χ3v) is 4.92. The Bertz CT molecular complexity index is 442. The molecule has 0 amide bonds. The van der Waals surface area contributed by atoms with Gasteiger partial charge in [0.05, 0.1) is 6.10 Å². The smallest absolute Gasteiger partial charge is 0.0802 e. The van der Waals surface area contributed by atoms with E-state index in [2.05, 4.69) is 25.7 Å². The zero-order valence-corrected chi connectivity index (χ0v) is 13.4. The van der Waals surface area contributed by atoms with E-state index < -0.39 is 0 Å². The summed E-state index contributed by atoms with van der Waals surface area (Å²) in [6.07, 6.45) is 3.28. The van der Waals surface area contributed by atoms with Gasteiger partial charge in [0.1, 0.15) is 0 Å². The zero-order valence-electron chi connectivity index (χ0n) is 11.8. The molecular weight excluding hydrogens is 316 g/mol. The van der Waals surface area contributed by atoms with Gasteiger partial charge in [-0.05, 0) is 37.0 Å². The molecule has 2 fully saturated rings. The van der Waals surface area contributed by atoms with Crippen LogP contribution in [0.3, 0.4) is 0 Å². The van der Waals surface area contributed by atoms with E-state index in [1.165, 1.54) is 25.9 Å². The quantitative estimate of drug-likeness (QED) is 0.894. The first-order valence-electron chi connectivity index (χ1n) is 7.62. The maximum absolute atomic E-state index is 10.3. The van der Waals surface area contributed by atoms with Gasteiger partial charge in [0.25, 0.3) is 0 Å². The maximum atomic E-state index is 10.3. The predicted octanol–water partition coefficient (Wildman–Crippen LogP) is 2.65. The van der Waals surface area contributed by atoms with Gasteiger partial charge in [-0.3, -0.25) is 4.90 Å². The lowest BCUT2D eigenvalue weighted by molar-refractivity contribution is 0.0990. The summed E-state index contributed by atoms with van der Waals surface area (Å²) in [4.78, 5) is 5.11. The van der Waals surface area contributed by atoms with E-state index in [0.29, 0.717) is 0 Å². The molecule has 1 aromatic rings. The highest BCUT2D eigenvalue weighted by Gasteiger charge is 2.31. The van der Waals surface area contributed by atoms with Crippen LogP contribution in [-0.2, 0) is 0 Å². The molecule has 1 unspecified atom stereocenters. The molecular formula is C16H23BrN2O. The second kappa shape index (κ2) is 6.56. The lowest BCUT2D eigenvalue weighted by atomic mass is 10.1. The van der Waals surface area contributed by atoms with Crippen molar-refractivity contribution in [1.82, 2.24) is 9.80 Å². The highest BCUT2D eigenvalue weighted by molar-refractivity contribution is 9.10. The molecule has 1 N–H and O–H groups in total. The van der Waals surface area contributed by atoms with Crippen LogP contribution in [0.4, 0.5) is 0 Å².